The molecule has 284 valence electrons. The van der Waals surface area contributed by atoms with E-state index in [4.69, 9.17) is 9.47 Å². The van der Waals surface area contributed by atoms with Crippen molar-refractivity contribution in [2.24, 2.45) is 0 Å². The molecule has 0 N–H and O–H groups in total. The van der Waals surface area contributed by atoms with E-state index in [-0.39, 0.29) is 74.7 Å². The Bertz CT molecular complexity index is 699. The monoisotopic (exact) mass is 723 g/mol. The second kappa shape index (κ2) is 41.6. The predicted octanol–water partition coefficient (Wildman–Crippen LogP) is 8.70. The van der Waals surface area contributed by atoms with Gasteiger partial charge in [-0.2, -0.15) is 0 Å². The molecule has 0 bridgehead atoms. The molecule has 0 aromatic carbocycles. The molecule has 0 aliphatic carbocycles. The largest absolute Gasteiger partial charge is 2.00 e. The van der Waals surface area contributed by atoms with Crippen LogP contribution < -0.4 is 10.2 Å². The number of rotatable bonds is 34. The number of aliphatic carboxylic acids is 2. The third-order valence-electron chi connectivity index (χ3n) is 8.74. The van der Waals surface area contributed by atoms with E-state index in [2.05, 4.69) is 13.8 Å². The molecule has 2 unspecified atom stereocenters. The molecular weight excluding hydrogens is 649 g/mol. The molecule has 0 aliphatic heterocycles. The van der Waals surface area contributed by atoms with Crippen molar-refractivity contribution in [1.29, 1.82) is 0 Å². The van der Waals surface area contributed by atoms with Crippen molar-refractivity contribution >= 4 is 61.6 Å². The van der Waals surface area contributed by atoms with E-state index in [0.29, 0.717) is 0 Å². The summed E-state index contributed by atoms with van der Waals surface area (Å²) in [5.41, 5.74) is 0. The third-order valence-corrected chi connectivity index (χ3v) is 8.74. The van der Waals surface area contributed by atoms with Gasteiger partial charge in [-0.1, -0.05) is 129 Å². The summed E-state index contributed by atoms with van der Waals surface area (Å²) in [6, 6.07) is 0. The Labute approximate surface area is 331 Å². The van der Waals surface area contributed by atoms with Gasteiger partial charge in [-0.05, 0) is 77.0 Å². The number of hydrogen-bond acceptors (Lipinski definition) is 8. The molecule has 2 atom stereocenters. The van der Waals surface area contributed by atoms with Crippen LogP contribution in [0.5, 0.6) is 0 Å². The zero-order valence-electron chi connectivity index (χ0n) is 32.3. The van der Waals surface area contributed by atoms with Crippen molar-refractivity contribution in [3.05, 3.63) is 0 Å². The maximum atomic E-state index is 11.2. The zero-order valence-corrected chi connectivity index (χ0v) is 34.5. The molecule has 49 heavy (non-hydrogen) atoms. The SMILES string of the molecule is CCCCCCC(CCCCCCCCCCC(=O)[O-])OC(C)=O.CCCCCCC(CCCCCCCCCCC(=O)[O-])OC(C)=O.[Ca+2]. The summed E-state index contributed by atoms with van der Waals surface area (Å²) in [7, 11) is 0. The van der Waals surface area contributed by atoms with Crippen molar-refractivity contribution in [1.82, 2.24) is 0 Å². The van der Waals surface area contributed by atoms with Gasteiger partial charge in [-0.25, -0.2) is 0 Å². The molecule has 0 heterocycles. The van der Waals surface area contributed by atoms with E-state index < -0.39 is 11.9 Å². The quantitative estimate of drug-likeness (QED) is 0.0366. The fourth-order valence-electron chi connectivity index (χ4n) is 6.00. The van der Waals surface area contributed by atoms with E-state index in [9.17, 15) is 29.4 Å². The number of esters is 2. The van der Waals surface area contributed by atoms with Crippen LogP contribution in [0.4, 0.5) is 0 Å². The van der Waals surface area contributed by atoms with Crippen LogP contribution in [-0.4, -0.2) is 73.8 Å². The molecule has 0 fully saturated rings. The second-order valence-electron chi connectivity index (χ2n) is 13.6. The summed E-state index contributed by atoms with van der Waals surface area (Å²) in [4.78, 5) is 42.9. The van der Waals surface area contributed by atoms with Crippen molar-refractivity contribution in [2.75, 3.05) is 0 Å². The molecule has 8 nitrogen and oxygen atoms in total. The molecule has 9 heteroatoms. The average Bonchev–Trinajstić information content (AvgIpc) is 3.02. The standard InChI is InChI=1S/2C20H38O4.Ca/c2*1-3-4-5-12-15-19(24-18(2)21)16-13-10-8-6-7-9-11-14-17-20(22)23;/h2*19H,3-17H2,1-2H3,(H,22,23);/q;;+2/p-2. The fourth-order valence-corrected chi connectivity index (χ4v) is 6.00. The molecular formula is C40H74CaO8. The van der Waals surface area contributed by atoms with Gasteiger partial charge >= 0.3 is 49.7 Å². The van der Waals surface area contributed by atoms with Crippen LogP contribution in [0.15, 0.2) is 0 Å². The molecule has 0 spiro atoms. The first-order valence-electron chi connectivity index (χ1n) is 19.9. The zero-order chi connectivity index (χ0) is 36.1. The van der Waals surface area contributed by atoms with Gasteiger partial charge in [-0.3, -0.25) is 9.59 Å². The van der Waals surface area contributed by atoms with Gasteiger partial charge < -0.3 is 29.3 Å². The van der Waals surface area contributed by atoms with Gasteiger partial charge in [0.15, 0.2) is 0 Å². The summed E-state index contributed by atoms with van der Waals surface area (Å²) in [5, 5.41) is 20.6. The van der Waals surface area contributed by atoms with E-state index in [1.165, 1.54) is 104 Å². The van der Waals surface area contributed by atoms with E-state index in [1.807, 2.05) is 0 Å². The van der Waals surface area contributed by atoms with Gasteiger partial charge in [-0.15, -0.1) is 0 Å². The Morgan fingerprint density at radius 2 is 0.633 bits per heavy atom. The van der Waals surface area contributed by atoms with Crippen LogP contribution in [0.3, 0.4) is 0 Å². The normalized spacial score (nSPS) is 11.8. The van der Waals surface area contributed by atoms with Crippen LogP contribution in [0, 0.1) is 0 Å². The first-order chi connectivity index (χ1) is 23.1. The molecule has 0 aliphatic rings. The number of hydrogen-bond donors (Lipinski definition) is 0. The van der Waals surface area contributed by atoms with E-state index in [0.717, 1.165) is 89.9 Å². The van der Waals surface area contributed by atoms with Crippen LogP contribution in [-0.2, 0) is 28.7 Å². The van der Waals surface area contributed by atoms with Gasteiger partial charge in [0.1, 0.15) is 12.2 Å². The average molecular weight is 723 g/mol. The van der Waals surface area contributed by atoms with Gasteiger partial charge in [0.2, 0.25) is 0 Å². The second-order valence-corrected chi connectivity index (χ2v) is 13.6. The van der Waals surface area contributed by atoms with Crippen molar-refractivity contribution in [2.45, 2.75) is 233 Å². The van der Waals surface area contributed by atoms with Crippen molar-refractivity contribution < 1.29 is 38.9 Å². The number of carboxylic acid groups (broad SMARTS) is 2. The Balaban J connectivity index is -0.000000846. The maximum absolute atomic E-state index is 11.2. The minimum Gasteiger partial charge on any atom is -0.550 e. The number of ether oxygens (including phenoxy) is 2. The minimum atomic E-state index is -0.938. The van der Waals surface area contributed by atoms with E-state index >= 15 is 0 Å². The molecule has 0 rings (SSSR count). The summed E-state index contributed by atoms with van der Waals surface area (Å²) < 4.78 is 10.9. The van der Waals surface area contributed by atoms with E-state index in [1.54, 1.807) is 0 Å². The Hall–Kier alpha value is -0.860. The molecule has 0 aromatic rings. The predicted molar refractivity (Wildman–Crippen MR) is 197 cm³/mol. The number of carbonyl (C=O) groups excluding carboxylic acids is 4. The summed E-state index contributed by atoms with van der Waals surface area (Å²) in [6.07, 6.45) is 31.8. The van der Waals surface area contributed by atoms with Crippen molar-refractivity contribution in [3.63, 3.8) is 0 Å². The summed E-state index contributed by atoms with van der Waals surface area (Å²) in [5.74, 6) is -2.20. The van der Waals surface area contributed by atoms with Crippen LogP contribution in [0.2, 0.25) is 0 Å². The summed E-state index contributed by atoms with van der Waals surface area (Å²) >= 11 is 0. The van der Waals surface area contributed by atoms with Crippen LogP contribution >= 0.6 is 0 Å². The van der Waals surface area contributed by atoms with Gasteiger partial charge in [0.05, 0.1) is 0 Å². The Morgan fingerprint density at radius 1 is 0.408 bits per heavy atom. The minimum absolute atomic E-state index is 0. The molecule has 0 saturated heterocycles. The van der Waals surface area contributed by atoms with Crippen LogP contribution in [0.1, 0.15) is 220 Å². The molecule has 0 aromatic heterocycles. The number of carbonyl (C=O) groups is 4. The topological polar surface area (TPSA) is 133 Å². The summed E-state index contributed by atoms with van der Waals surface area (Å²) in [6.45, 7) is 7.40. The first kappa shape index (κ1) is 52.5. The Morgan fingerprint density at radius 3 is 0.857 bits per heavy atom. The molecule has 0 saturated carbocycles. The maximum Gasteiger partial charge on any atom is 2.00 e. The van der Waals surface area contributed by atoms with Gasteiger partial charge in [0.25, 0.3) is 0 Å². The third kappa shape index (κ3) is 47.1. The molecule has 0 amide bonds. The number of carboxylic acids is 2. The first-order valence-corrected chi connectivity index (χ1v) is 19.9. The van der Waals surface area contributed by atoms with Crippen LogP contribution in [0.25, 0.3) is 0 Å². The van der Waals surface area contributed by atoms with Gasteiger partial charge in [0, 0.05) is 25.8 Å². The number of unbranched alkanes of at least 4 members (excludes halogenated alkanes) is 20. The molecule has 0 radical (unpaired) electrons. The Kier molecular flexibility index (Phi) is 44.5. The van der Waals surface area contributed by atoms with Crippen molar-refractivity contribution in [3.8, 4) is 0 Å². The fraction of sp³-hybridized carbons (Fsp3) is 0.900. The smallest absolute Gasteiger partial charge is 0.550 e.